The van der Waals surface area contributed by atoms with E-state index in [0.29, 0.717) is 17.1 Å². The van der Waals surface area contributed by atoms with Crippen LogP contribution in [-0.2, 0) is 0 Å². The van der Waals surface area contributed by atoms with Gasteiger partial charge >= 0.3 is 0 Å². The summed E-state index contributed by atoms with van der Waals surface area (Å²) in [5.41, 5.74) is 1.26. The van der Waals surface area contributed by atoms with E-state index in [-0.39, 0.29) is 17.3 Å². The van der Waals surface area contributed by atoms with E-state index in [0.717, 1.165) is 10.0 Å². The van der Waals surface area contributed by atoms with Gasteiger partial charge in [0, 0.05) is 6.07 Å². The van der Waals surface area contributed by atoms with Crippen molar-refractivity contribution >= 4 is 27.8 Å². The molecule has 1 heterocycles. The molecule has 0 atom stereocenters. The first-order chi connectivity index (χ1) is 10.1. The molecule has 1 aliphatic rings. The number of methoxy groups -OCH3 is 1. The van der Waals surface area contributed by atoms with Gasteiger partial charge < -0.3 is 14.6 Å². The fraction of sp³-hybridized carbons (Fsp3) is 0.0625. The Morgan fingerprint density at radius 2 is 2.05 bits per heavy atom. The summed E-state index contributed by atoms with van der Waals surface area (Å²) in [6, 6.07) is 9.91. The maximum Gasteiger partial charge on any atom is 0.231 e. The largest absolute Gasteiger partial charge is 0.508 e. The highest BCUT2D eigenvalue weighted by atomic mass is 79.9. The molecule has 0 amide bonds. The molecule has 2 aromatic rings. The molecular weight excluding hydrogens is 336 g/mol. The van der Waals surface area contributed by atoms with Crippen LogP contribution in [0.15, 0.2) is 46.6 Å². The van der Waals surface area contributed by atoms with Gasteiger partial charge in [-0.25, -0.2) is 0 Å². The molecule has 3 rings (SSSR count). The Morgan fingerprint density at radius 1 is 1.24 bits per heavy atom. The summed E-state index contributed by atoms with van der Waals surface area (Å²) in [6.07, 6.45) is 1.66. The average Bonchev–Trinajstić information content (AvgIpc) is 2.75. The van der Waals surface area contributed by atoms with Gasteiger partial charge in [0.25, 0.3) is 0 Å². The number of carbonyl (C=O) groups is 1. The predicted molar refractivity (Wildman–Crippen MR) is 81.7 cm³/mol. The molecule has 0 unspecified atom stereocenters. The van der Waals surface area contributed by atoms with Crippen LogP contribution in [0.2, 0.25) is 0 Å². The van der Waals surface area contributed by atoms with Crippen LogP contribution in [0.5, 0.6) is 17.2 Å². The minimum Gasteiger partial charge on any atom is -0.508 e. The molecule has 0 fully saturated rings. The number of ether oxygens (including phenoxy) is 2. The highest BCUT2D eigenvalue weighted by Crippen LogP contribution is 2.35. The summed E-state index contributed by atoms with van der Waals surface area (Å²) in [7, 11) is 1.59. The van der Waals surface area contributed by atoms with Crippen LogP contribution in [0.3, 0.4) is 0 Å². The summed E-state index contributed by atoms with van der Waals surface area (Å²) >= 11 is 3.40. The molecule has 5 heteroatoms. The SMILES string of the molecule is COc1ccc(/C=C2/Oc3cc(O)ccc3C2=O)cc1Br. The van der Waals surface area contributed by atoms with Crippen molar-refractivity contribution in [3.63, 3.8) is 0 Å². The summed E-state index contributed by atoms with van der Waals surface area (Å²) in [6.45, 7) is 0. The van der Waals surface area contributed by atoms with Gasteiger partial charge in [-0.05, 0) is 51.8 Å². The number of benzene rings is 2. The van der Waals surface area contributed by atoms with E-state index >= 15 is 0 Å². The van der Waals surface area contributed by atoms with E-state index in [2.05, 4.69) is 15.9 Å². The van der Waals surface area contributed by atoms with Crippen LogP contribution in [0.1, 0.15) is 15.9 Å². The highest BCUT2D eigenvalue weighted by molar-refractivity contribution is 9.10. The number of Topliss-reactive ketones (excluding diaryl/α,β-unsaturated/α-hetero) is 1. The molecule has 0 bridgehead atoms. The molecule has 0 aliphatic carbocycles. The maximum absolute atomic E-state index is 12.2. The third kappa shape index (κ3) is 2.52. The number of rotatable bonds is 2. The van der Waals surface area contributed by atoms with Crippen molar-refractivity contribution in [3.8, 4) is 17.2 Å². The van der Waals surface area contributed by atoms with E-state index < -0.39 is 0 Å². The zero-order valence-corrected chi connectivity index (χ0v) is 12.7. The zero-order valence-electron chi connectivity index (χ0n) is 11.1. The van der Waals surface area contributed by atoms with Crippen LogP contribution in [0, 0.1) is 0 Å². The molecule has 2 aromatic carbocycles. The number of hydrogen-bond acceptors (Lipinski definition) is 4. The Balaban J connectivity index is 1.95. The lowest BCUT2D eigenvalue weighted by Gasteiger charge is -2.04. The normalized spacial score (nSPS) is 15.0. The number of halogens is 1. The second kappa shape index (κ2) is 5.26. The van der Waals surface area contributed by atoms with Crippen molar-refractivity contribution in [2.45, 2.75) is 0 Å². The summed E-state index contributed by atoms with van der Waals surface area (Å²) in [5.74, 6) is 1.18. The van der Waals surface area contributed by atoms with Crippen LogP contribution < -0.4 is 9.47 Å². The first-order valence-corrected chi connectivity index (χ1v) is 6.98. The van der Waals surface area contributed by atoms with E-state index in [1.165, 1.54) is 12.1 Å². The Morgan fingerprint density at radius 3 is 2.76 bits per heavy atom. The third-order valence-corrected chi connectivity index (χ3v) is 3.75. The van der Waals surface area contributed by atoms with Gasteiger partial charge in [-0.1, -0.05) is 6.07 Å². The molecule has 106 valence electrons. The van der Waals surface area contributed by atoms with Gasteiger partial charge in [-0.3, -0.25) is 4.79 Å². The monoisotopic (exact) mass is 346 g/mol. The van der Waals surface area contributed by atoms with Crippen LogP contribution in [-0.4, -0.2) is 18.0 Å². The van der Waals surface area contributed by atoms with Crippen molar-refractivity contribution in [1.29, 1.82) is 0 Å². The molecule has 1 aliphatic heterocycles. The summed E-state index contributed by atoms with van der Waals surface area (Å²) < 4.78 is 11.5. The van der Waals surface area contributed by atoms with Gasteiger partial charge in [-0.2, -0.15) is 0 Å². The molecule has 0 aromatic heterocycles. The zero-order chi connectivity index (χ0) is 15.0. The molecule has 0 saturated carbocycles. The minimum atomic E-state index is -0.197. The average molecular weight is 347 g/mol. The fourth-order valence-corrected chi connectivity index (χ4v) is 2.66. The third-order valence-electron chi connectivity index (χ3n) is 3.13. The van der Waals surface area contributed by atoms with Crippen LogP contribution in [0.25, 0.3) is 6.08 Å². The molecule has 0 spiro atoms. The predicted octanol–water partition coefficient (Wildman–Crippen LogP) is 3.78. The topological polar surface area (TPSA) is 55.8 Å². The second-order valence-electron chi connectivity index (χ2n) is 4.51. The molecule has 21 heavy (non-hydrogen) atoms. The smallest absolute Gasteiger partial charge is 0.231 e. The van der Waals surface area contributed by atoms with Gasteiger partial charge in [0.1, 0.15) is 17.2 Å². The van der Waals surface area contributed by atoms with Crippen molar-refractivity contribution in [1.82, 2.24) is 0 Å². The lowest BCUT2D eigenvalue weighted by molar-refractivity contribution is 0.101. The number of phenols is 1. The first kappa shape index (κ1) is 13.7. The Kier molecular flexibility index (Phi) is 3.43. The standard InChI is InChI=1S/C16H11BrO4/c1-20-13-5-2-9(6-12(13)17)7-15-16(19)11-4-3-10(18)8-14(11)21-15/h2-8,18H,1H3/b15-7+. The fourth-order valence-electron chi connectivity index (χ4n) is 2.10. The Bertz CT molecular complexity index is 765. The quantitative estimate of drug-likeness (QED) is 0.840. The van der Waals surface area contributed by atoms with Crippen LogP contribution in [0.4, 0.5) is 0 Å². The van der Waals surface area contributed by atoms with Crippen molar-refractivity contribution < 1.29 is 19.4 Å². The van der Waals surface area contributed by atoms with Crippen molar-refractivity contribution in [2.24, 2.45) is 0 Å². The highest BCUT2D eigenvalue weighted by Gasteiger charge is 2.27. The molecule has 0 saturated heterocycles. The van der Waals surface area contributed by atoms with Gasteiger partial charge in [0.05, 0.1) is 17.1 Å². The molecular formula is C16H11BrO4. The van der Waals surface area contributed by atoms with Crippen molar-refractivity contribution in [3.05, 3.63) is 57.8 Å². The van der Waals surface area contributed by atoms with E-state index in [1.54, 1.807) is 25.3 Å². The number of phenolic OH excluding ortho intramolecular Hbond substituents is 1. The number of allylic oxidation sites excluding steroid dienone is 1. The van der Waals surface area contributed by atoms with Gasteiger partial charge in [0.2, 0.25) is 5.78 Å². The summed E-state index contributed by atoms with van der Waals surface area (Å²) in [5, 5.41) is 9.42. The first-order valence-electron chi connectivity index (χ1n) is 6.19. The maximum atomic E-state index is 12.2. The summed E-state index contributed by atoms with van der Waals surface area (Å²) in [4.78, 5) is 12.2. The number of aromatic hydroxyl groups is 1. The minimum absolute atomic E-state index is 0.0648. The second-order valence-corrected chi connectivity index (χ2v) is 5.37. The van der Waals surface area contributed by atoms with E-state index in [4.69, 9.17) is 9.47 Å². The van der Waals surface area contributed by atoms with Crippen LogP contribution >= 0.6 is 15.9 Å². The van der Waals surface area contributed by atoms with Gasteiger partial charge in [0.15, 0.2) is 5.76 Å². The van der Waals surface area contributed by atoms with E-state index in [9.17, 15) is 9.90 Å². The van der Waals surface area contributed by atoms with Crippen molar-refractivity contribution in [2.75, 3.05) is 7.11 Å². The van der Waals surface area contributed by atoms with Gasteiger partial charge in [-0.15, -0.1) is 0 Å². The lowest BCUT2D eigenvalue weighted by atomic mass is 10.1. The van der Waals surface area contributed by atoms with E-state index in [1.807, 2.05) is 12.1 Å². The molecule has 1 N–H and O–H groups in total. The molecule has 0 radical (unpaired) electrons. The number of fused-ring (bicyclic) bond motifs is 1. The Hall–Kier alpha value is -2.27. The number of ketones is 1. The molecule has 4 nitrogen and oxygen atoms in total. The lowest BCUT2D eigenvalue weighted by Crippen LogP contribution is -1.98. The number of hydrogen-bond donors (Lipinski definition) is 1. The number of carbonyl (C=O) groups excluding carboxylic acids is 1. The Labute approximate surface area is 129 Å².